The molecule has 0 radical (unpaired) electrons. The number of ether oxygens (including phenoxy) is 4. The second-order valence-corrected chi connectivity index (χ2v) is 9.30. The summed E-state index contributed by atoms with van der Waals surface area (Å²) in [5, 5.41) is -0.916. The fraction of sp³-hybridized carbons (Fsp3) is 0.308. The van der Waals surface area contributed by atoms with E-state index in [1.165, 1.54) is 6.92 Å². The van der Waals surface area contributed by atoms with Crippen molar-refractivity contribution in [2.24, 2.45) is 0 Å². The van der Waals surface area contributed by atoms with Crippen LogP contribution in [0.5, 0.6) is 0 Å². The van der Waals surface area contributed by atoms with Crippen LogP contribution in [-0.2, 0) is 37.0 Å². The van der Waals surface area contributed by atoms with Gasteiger partial charge in [0.15, 0.2) is 12.3 Å². The summed E-state index contributed by atoms with van der Waals surface area (Å²) in [6.45, 7) is 1.53. The minimum Gasteiger partial charge on any atom is -0.445 e. The lowest BCUT2D eigenvalue weighted by molar-refractivity contribution is -0.117. The predicted octanol–water partition coefficient (Wildman–Crippen LogP) is 2.66. The van der Waals surface area contributed by atoms with E-state index in [9.17, 15) is 23.6 Å². The number of hydrogen-bond donors (Lipinski definition) is 2. The van der Waals surface area contributed by atoms with E-state index in [-0.39, 0.29) is 19.8 Å². The summed E-state index contributed by atoms with van der Waals surface area (Å²) in [4.78, 5) is 49.9. The lowest BCUT2D eigenvalue weighted by atomic mass is 10.1. The predicted molar refractivity (Wildman–Crippen MR) is 138 cm³/mol. The van der Waals surface area contributed by atoms with Crippen LogP contribution in [0.2, 0.25) is 0 Å². The van der Waals surface area contributed by atoms with Gasteiger partial charge in [-0.15, -0.1) is 0 Å². The summed E-state index contributed by atoms with van der Waals surface area (Å²) in [7, 11) is 0. The fourth-order valence-corrected chi connectivity index (χ4v) is 4.31. The molecule has 2 N–H and O–H groups in total. The number of nitrogens with zero attached hydrogens (tertiary/aromatic N) is 1. The third-order valence-electron chi connectivity index (χ3n) is 5.67. The van der Waals surface area contributed by atoms with Gasteiger partial charge in [0.05, 0.1) is 38.0 Å². The molecule has 3 aromatic rings. The molecule has 0 saturated carbocycles. The number of nitrogens with one attached hydrogen (secondary N) is 2. The molecular formula is C26H26FN3O8S. The lowest BCUT2D eigenvalue weighted by Crippen LogP contribution is -2.42. The molecule has 4 atom stereocenters. The molecule has 11 nitrogen and oxygen atoms in total. The van der Waals surface area contributed by atoms with Crippen molar-refractivity contribution in [1.82, 2.24) is 14.3 Å². The van der Waals surface area contributed by atoms with Crippen molar-refractivity contribution >= 4 is 23.2 Å². The van der Waals surface area contributed by atoms with Crippen LogP contribution in [0.4, 0.5) is 9.18 Å². The van der Waals surface area contributed by atoms with Crippen molar-refractivity contribution in [2.45, 2.75) is 44.7 Å². The number of carbonyl (C=O) groups is 2. The molecule has 1 aliphatic rings. The number of aromatic nitrogens is 2. The van der Waals surface area contributed by atoms with Gasteiger partial charge in [0.1, 0.15) is 12.2 Å². The van der Waals surface area contributed by atoms with Gasteiger partial charge < -0.3 is 18.9 Å². The Morgan fingerprint density at radius 2 is 1.67 bits per heavy atom. The van der Waals surface area contributed by atoms with E-state index < -0.39 is 52.8 Å². The van der Waals surface area contributed by atoms with Gasteiger partial charge in [-0.05, 0) is 11.1 Å². The summed E-state index contributed by atoms with van der Waals surface area (Å²) in [5.74, 6) is -1.72. The summed E-state index contributed by atoms with van der Waals surface area (Å²) >= 11 is 0.389. The van der Waals surface area contributed by atoms with Gasteiger partial charge in [-0.2, -0.15) is 4.39 Å². The number of carbonyl (C=O) groups excluding carboxylic acids is 2. The summed E-state index contributed by atoms with van der Waals surface area (Å²) in [6.07, 6.45) is -3.83. The Balaban J connectivity index is 1.62. The van der Waals surface area contributed by atoms with E-state index in [2.05, 4.69) is 4.72 Å². The van der Waals surface area contributed by atoms with E-state index in [1.807, 2.05) is 65.6 Å². The third-order valence-corrected chi connectivity index (χ3v) is 6.33. The van der Waals surface area contributed by atoms with Gasteiger partial charge in [-0.25, -0.2) is 9.59 Å². The summed E-state index contributed by atoms with van der Waals surface area (Å²) in [6, 6.07) is 18.6. The smallest absolute Gasteiger partial charge is 0.388 e. The van der Waals surface area contributed by atoms with Gasteiger partial charge in [-0.3, -0.25) is 23.9 Å². The first-order chi connectivity index (χ1) is 18.8. The normalized spacial score (nSPS) is 20.5. The lowest BCUT2D eigenvalue weighted by Gasteiger charge is -2.25. The third kappa shape index (κ3) is 7.63. The van der Waals surface area contributed by atoms with Crippen molar-refractivity contribution in [3.63, 3.8) is 0 Å². The first-order valence-electron chi connectivity index (χ1n) is 11.9. The van der Waals surface area contributed by atoms with Crippen molar-refractivity contribution in [3.05, 3.63) is 105 Å². The topological polar surface area (TPSA) is 138 Å². The zero-order chi connectivity index (χ0) is 27.8. The van der Waals surface area contributed by atoms with E-state index in [4.69, 9.17) is 18.9 Å². The number of rotatable bonds is 9. The Morgan fingerprint density at radius 3 is 2.31 bits per heavy atom. The van der Waals surface area contributed by atoms with Crippen molar-refractivity contribution in [2.75, 3.05) is 6.61 Å². The number of H-pyrrole nitrogens is 1. The molecule has 0 spiro atoms. The maximum absolute atomic E-state index is 14.2. The second kappa shape index (κ2) is 13.3. The highest BCUT2D eigenvalue weighted by Gasteiger charge is 2.49. The average Bonchev–Trinajstić information content (AvgIpc) is 3.25. The Bertz CT molecular complexity index is 1390. The average molecular weight is 560 g/mol. The van der Waals surface area contributed by atoms with E-state index in [0.717, 1.165) is 15.7 Å². The number of benzene rings is 2. The molecule has 13 heteroatoms. The zero-order valence-corrected chi connectivity index (χ0v) is 21.6. The zero-order valence-electron chi connectivity index (χ0n) is 20.8. The highest BCUT2D eigenvalue weighted by Crippen LogP contribution is 2.35. The molecule has 1 fully saturated rings. The molecule has 1 aliphatic heterocycles. The molecule has 2 aromatic carbocycles. The number of halogens is 1. The highest BCUT2D eigenvalue weighted by atomic mass is 32.2. The van der Waals surface area contributed by atoms with E-state index >= 15 is 0 Å². The van der Waals surface area contributed by atoms with Gasteiger partial charge >= 0.3 is 11.0 Å². The molecular weight excluding hydrogens is 533 g/mol. The Hall–Kier alpha value is -3.78. The van der Waals surface area contributed by atoms with Gasteiger partial charge in [0.25, 0.3) is 5.56 Å². The molecule has 39 heavy (non-hydrogen) atoms. The standard InChI is InChI=1S/C26H26FN3O8S/c1-16(31)29-39-26(34)38-22-21(36-14-18-10-6-3-7-11-18)20(15-35-13-17-8-4-2-5-9-17)37-24(22)30-12-19(27)23(32)28-25(30)33/h2-12,20-22,24H,13-15H2,1H3,(H,29,31)(H,28,32,33)/t20-,21+,22-,24-/m1/s1. The molecule has 206 valence electrons. The number of aromatic amines is 1. The Morgan fingerprint density at radius 1 is 1.03 bits per heavy atom. The molecule has 1 aromatic heterocycles. The van der Waals surface area contributed by atoms with Crippen LogP contribution >= 0.6 is 11.9 Å². The molecule has 1 saturated heterocycles. The summed E-state index contributed by atoms with van der Waals surface area (Å²) < 4.78 is 40.8. The summed E-state index contributed by atoms with van der Waals surface area (Å²) in [5.41, 5.74) is -0.462. The maximum atomic E-state index is 14.2. The van der Waals surface area contributed by atoms with E-state index in [1.54, 1.807) is 0 Å². The molecule has 0 aliphatic carbocycles. The largest absolute Gasteiger partial charge is 0.445 e. The molecule has 4 rings (SSSR count). The van der Waals surface area contributed by atoms with Crippen LogP contribution in [-0.4, -0.2) is 45.7 Å². The van der Waals surface area contributed by atoms with Crippen LogP contribution in [0.1, 0.15) is 24.3 Å². The molecule has 0 bridgehead atoms. The van der Waals surface area contributed by atoms with Crippen molar-refractivity contribution in [1.29, 1.82) is 0 Å². The minimum atomic E-state index is -1.38. The first kappa shape index (κ1) is 28.2. The van der Waals surface area contributed by atoms with Gasteiger partial charge in [0, 0.05) is 6.92 Å². The number of amides is 1. The van der Waals surface area contributed by atoms with Gasteiger partial charge in [-0.1, -0.05) is 60.7 Å². The van der Waals surface area contributed by atoms with Gasteiger partial charge in [0.2, 0.25) is 11.7 Å². The highest BCUT2D eigenvalue weighted by molar-refractivity contribution is 8.12. The number of hydrogen-bond acceptors (Lipinski definition) is 9. The van der Waals surface area contributed by atoms with Crippen LogP contribution in [0.25, 0.3) is 0 Å². The quantitative estimate of drug-likeness (QED) is 0.299. The first-order valence-corrected chi connectivity index (χ1v) is 12.7. The van der Waals surface area contributed by atoms with Crippen LogP contribution in [0, 0.1) is 5.82 Å². The second-order valence-electron chi connectivity index (χ2n) is 8.56. The van der Waals surface area contributed by atoms with Crippen LogP contribution in [0.15, 0.2) is 76.4 Å². The minimum absolute atomic E-state index is 0.0294. The van der Waals surface area contributed by atoms with Crippen molar-refractivity contribution in [3.8, 4) is 0 Å². The van der Waals surface area contributed by atoms with Crippen LogP contribution in [0.3, 0.4) is 0 Å². The van der Waals surface area contributed by atoms with E-state index in [0.29, 0.717) is 18.1 Å². The van der Waals surface area contributed by atoms with Crippen molar-refractivity contribution < 1.29 is 32.9 Å². The Labute approximate surface area is 226 Å². The molecule has 2 heterocycles. The fourth-order valence-electron chi connectivity index (χ4n) is 3.93. The van der Waals surface area contributed by atoms with Crippen LogP contribution < -0.4 is 16.0 Å². The Kier molecular flexibility index (Phi) is 9.65. The monoisotopic (exact) mass is 559 g/mol. The maximum Gasteiger partial charge on any atom is 0.388 e. The molecule has 1 amide bonds. The molecule has 0 unspecified atom stereocenters. The SMILES string of the molecule is CC(=O)NSC(=O)O[C@@H]1[C@@H](OCc2ccccc2)[C@@H](COCc2ccccc2)O[C@H]1n1cc(F)c(=O)[nH]c1=O.